The van der Waals surface area contributed by atoms with E-state index in [0.717, 1.165) is 40.0 Å². The Kier molecular flexibility index (Phi) is 6.69. The lowest BCUT2D eigenvalue weighted by atomic mass is 10.2. The summed E-state index contributed by atoms with van der Waals surface area (Å²) < 4.78 is 7.50. The number of aromatic nitrogens is 6. The van der Waals surface area contributed by atoms with Gasteiger partial charge in [0.2, 0.25) is 11.7 Å². The van der Waals surface area contributed by atoms with Gasteiger partial charge in [0.05, 0.1) is 0 Å². The minimum atomic E-state index is 0.580. The number of aryl methyl sites for hydroxylation is 2. The molecule has 0 aliphatic carbocycles. The topological polar surface area (TPSA) is 82.5 Å². The standard InChI is InChI=1S/C25H21ClN6OS/c1-17-4-10-21(11-5-17)32-24(19-6-8-20(26)9-7-19)29-30-25(32)34-16-2-3-22-28-23(31-33-22)18-12-14-27-15-13-18/h4-15H,2-3,16H2,1H3. The van der Waals surface area contributed by atoms with Crippen molar-refractivity contribution in [3.8, 4) is 28.5 Å². The fraction of sp³-hybridized carbons (Fsp3) is 0.160. The van der Waals surface area contributed by atoms with E-state index in [-0.39, 0.29) is 0 Å². The smallest absolute Gasteiger partial charge is 0.226 e. The van der Waals surface area contributed by atoms with Crippen LogP contribution >= 0.6 is 23.4 Å². The lowest BCUT2D eigenvalue weighted by Gasteiger charge is -2.11. The highest BCUT2D eigenvalue weighted by molar-refractivity contribution is 7.99. The van der Waals surface area contributed by atoms with Gasteiger partial charge < -0.3 is 4.52 Å². The SMILES string of the molecule is Cc1ccc(-n2c(SCCCc3nc(-c4ccncc4)no3)nnc2-c2ccc(Cl)cc2)cc1. The van der Waals surface area contributed by atoms with E-state index in [1.807, 2.05) is 36.4 Å². The molecule has 34 heavy (non-hydrogen) atoms. The Morgan fingerprint density at radius 2 is 1.68 bits per heavy atom. The van der Waals surface area contributed by atoms with Gasteiger partial charge in [-0.2, -0.15) is 4.98 Å². The van der Waals surface area contributed by atoms with Gasteiger partial charge in [0.1, 0.15) is 0 Å². The van der Waals surface area contributed by atoms with E-state index >= 15 is 0 Å². The molecule has 5 aromatic rings. The van der Waals surface area contributed by atoms with E-state index in [1.54, 1.807) is 24.2 Å². The monoisotopic (exact) mass is 488 g/mol. The van der Waals surface area contributed by atoms with Crippen molar-refractivity contribution >= 4 is 23.4 Å². The third-order valence-electron chi connectivity index (χ3n) is 5.20. The first-order chi connectivity index (χ1) is 16.7. The first-order valence-corrected chi connectivity index (χ1v) is 12.2. The van der Waals surface area contributed by atoms with Crippen LogP contribution < -0.4 is 0 Å². The normalized spacial score (nSPS) is 11.1. The molecule has 0 radical (unpaired) electrons. The predicted molar refractivity (Wildman–Crippen MR) is 133 cm³/mol. The van der Waals surface area contributed by atoms with E-state index < -0.39 is 0 Å². The van der Waals surface area contributed by atoms with Crippen LogP contribution in [0.2, 0.25) is 5.02 Å². The molecule has 0 fully saturated rings. The number of halogens is 1. The number of hydrogen-bond acceptors (Lipinski definition) is 7. The second-order valence-electron chi connectivity index (χ2n) is 7.68. The Labute approximate surface area is 206 Å². The Morgan fingerprint density at radius 1 is 0.912 bits per heavy atom. The molecule has 0 saturated carbocycles. The van der Waals surface area contributed by atoms with Gasteiger partial charge in [0.25, 0.3) is 0 Å². The highest BCUT2D eigenvalue weighted by Crippen LogP contribution is 2.29. The van der Waals surface area contributed by atoms with Crippen molar-refractivity contribution in [2.24, 2.45) is 0 Å². The van der Waals surface area contributed by atoms with Crippen molar-refractivity contribution in [1.29, 1.82) is 0 Å². The number of thioether (sulfide) groups is 1. The lowest BCUT2D eigenvalue weighted by molar-refractivity contribution is 0.378. The van der Waals surface area contributed by atoms with Crippen molar-refractivity contribution in [2.75, 3.05) is 5.75 Å². The number of nitrogens with zero attached hydrogens (tertiary/aromatic N) is 6. The minimum absolute atomic E-state index is 0.580. The molecule has 0 aliphatic rings. The Balaban J connectivity index is 1.30. The summed E-state index contributed by atoms with van der Waals surface area (Å²) in [7, 11) is 0. The average molecular weight is 489 g/mol. The molecule has 0 N–H and O–H groups in total. The number of benzene rings is 2. The van der Waals surface area contributed by atoms with Gasteiger partial charge in [-0.15, -0.1) is 10.2 Å². The summed E-state index contributed by atoms with van der Waals surface area (Å²) >= 11 is 7.74. The summed E-state index contributed by atoms with van der Waals surface area (Å²) in [5.74, 6) is 2.81. The third kappa shape index (κ3) is 5.03. The Morgan fingerprint density at radius 3 is 2.44 bits per heavy atom. The van der Waals surface area contributed by atoms with Gasteiger partial charge in [-0.05, 0) is 61.9 Å². The van der Waals surface area contributed by atoms with Crippen LogP contribution in [0.4, 0.5) is 0 Å². The second-order valence-corrected chi connectivity index (χ2v) is 9.18. The quantitative estimate of drug-likeness (QED) is 0.194. The molecule has 0 unspecified atom stereocenters. The van der Waals surface area contributed by atoms with Crippen molar-refractivity contribution in [1.82, 2.24) is 29.9 Å². The van der Waals surface area contributed by atoms with Crippen LogP contribution in [0, 0.1) is 6.92 Å². The van der Waals surface area contributed by atoms with Crippen molar-refractivity contribution < 1.29 is 4.52 Å². The Hall–Kier alpha value is -3.49. The zero-order chi connectivity index (χ0) is 23.3. The molecule has 0 saturated heterocycles. The molecule has 3 heterocycles. The van der Waals surface area contributed by atoms with Crippen LogP contribution in [-0.2, 0) is 6.42 Å². The molecule has 5 rings (SSSR count). The molecule has 170 valence electrons. The van der Waals surface area contributed by atoms with Crippen molar-refractivity contribution in [2.45, 2.75) is 24.9 Å². The number of rotatable bonds is 8. The molecule has 0 aliphatic heterocycles. The molecule has 0 atom stereocenters. The van der Waals surface area contributed by atoms with Crippen LogP contribution in [0.1, 0.15) is 17.9 Å². The van der Waals surface area contributed by atoms with E-state index in [1.165, 1.54) is 5.56 Å². The maximum absolute atomic E-state index is 6.08. The van der Waals surface area contributed by atoms with Crippen LogP contribution in [0.25, 0.3) is 28.5 Å². The van der Waals surface area contributed by atoms with Crippen LogP contribution in [-0.4, -0.2) is 35.6 Å². The molecule has 0 spiro atoms. The average Bonchev–Trinajstić information content (AvgIpc) is 3.51. The number of hydrogen-bond donors (Lipinski definition) is 0. The number of pyridine rings is 1. The van der Waals surface area contributed by atoms with E-state index in [0.29, 0.717) is 23.2 Å². The van der Waals surface area contributed by atoms with Gasteiger partial charge >= 0.3 is 0 Å². The molecule has 3 aromatic heterocycles. The summed E-state index contributed by atoms with van der Waals surface area (Å²) in [6.07, 6.45) is 4.97. The molecule has 0 bridgehead atoms. The summed E-state index contributed by atoms with van der Waals surface area (Å²) in [4.78, 5) is 8.51. The van der Waals surface area contributed by atoms with E-state index in [9.17, 15) is 0 Å². The minimum Gasteiger partial charge on any atom is -0.339 e. The molecule has 0 amide bonds. The Bertz CT molecular complexity index is 1370. The summed E-state index contributed by atoms with van der Waals surface area (Å²) in [5.41, 5.74) is 4.06. The largest absolute Gasteiger partial charge is 0.339 e. The van der Waals surface area contributed by atoms with E-state index in [2.05, 4.69) is 61.1 Å². The molecule has 9 heteroatoms. The van der Waals surface area contributed by atoms with Gasteiger partial charge in [-0.25, -0.2) is 0 Å². The zero-order valence-corrected chi connectivity index (χ0v) is 20.0. The third-order valence-corrected chi connectivity index (χ3v) is 6.47. The van der Waals surface area contributed by atoms with Crippen LogP contribution in [0.15, 0.2) is 82.7 Å². The summed E-state index contributed by atoms with van der Waals surface area (Å²) in [6.45, 7) is 2.07. The predicted octanol–water partition coefficient (Wildman–Crippen LogP) is 6.07. The first-order valence-electron chi connectivity index (χ1n) is 10.8. The van der Waals surface area contributed by atoms with E-state index in [4.69, 9.17) is 16.1 Å². The van der Waals surface area contributed by atoms with Crippen molar-refractivity contribution in [3.05, 3.63) is 89.5 Å². The fourth-order valence-corrected chi connectivity index (χ4v) is 4.45. The molecule has 7 nitrogen and oxygen atoms in total. The van der Waals surface area contributed by atoms with Gasteiger partial charge in [-0.3, -0.25) is 9.55 Å². The van der Waals surface area contributed by atoms with Crippen LogP contribution in [0.3, 0.4) is 0 Å². The highest BCUT2D eigenvalue weighted by Gasteiger charge is 2.16. The maximum atomic E-state index is 6.08. The van der Waals surface area contributed by atoms with Gasteiger partial charge in [-0.1, -0.05) is 46.2 Å². The van der Waals surface area contributed by atoms with Gasteiger partial charge in [0, 0.05) is 46.4 Å². The fourth-order valence-electron chi connectivity index (χ4n) is 3.44. The second kappa shape index (κ2) is 10.2. The molecular weight excluding hydrogens is 468 g/mol. The summed E-state index contributed by atoms with van der Waals surface area (Å²) in [5, 5.41) is 14.6. The summed E-state index contributed by atoms with van der Waals surface area (Å²) in [6, 6.07) is 19.7. The zero-order valence-electron chi connectivity index (χ0n) is 18.4. The highest BCUT2D eigenvalue weighted by atomic mass is 35.5. The van der Waals surface area contributed by atoms with Crippen molar-refractivity contribution in [3.63, 3.8) is 0 Å². The first kappa shape index (κ1) is 22.3. The van der Waals surface area contributed by atoms with Crippen LogP contribution in [0.5, 0.6) is 0 Å². The molecular formula is C25H21ClN6OS. The molecule has 2 aromatic carbocycles. The lowest BCUT2D eigenvalue weighted by Crippen LogP contribution is -2.00. The van der Waals surface area contributed by atoms with Gasteiger partial charge in [0.15, 0.2) is 11.0 Å². The maximum Gasteiger partial charge on any atom is 0.226 e.